The second-order valence-electron chi connectivity index (χ2n) is 3.84. The predicted octanol–water partition coefficient (Wildman–Crippen LogP) is 0.880. The van der Waals surface area contributed by atoms with E-state index in [1.807, 2.05) is 0 Å². The molecule has 0 bridgehead atoms. The van der Waals surface area contributed by atoms with Crippen molar-refractivity contribution in [3.8, 4) is 0 Å². The van der Waals surface area contributed by atoms with E-state index in [0.717, 1.165) is 12.1 Å². The van der Waals surface area contributed by atoms with Gasteiger partial charge in [0.05, 0.1) is 0 Å². The van der Waals surface area contributed by atoms with Crippen LogP contribution in [0.3, 0.4) is 0 Å². The highest BCUT2D eigenvalue weighted by molar-refractivity contribution is 4.83. The van der Waals surface area contributed by atoms with E-state index >= 15 is 0 Å². The van der Waals surface area contributed by atoms with Crippen molar-refractivity contribution < 1.29 is 0 Å². The summed E-state index contributed by atoms with van der Waals surface area (Å²) in [4.78, 5) is 0. The molecule has 2 N–H and O–H groups in total. The minimum absolute atomic E-state index is 0.776. The van der Waals surface area contributed by atoms with Crippen LogP contribution in [0, 0.1) is 0 Å². The lowest BCUT2D eigenvalue weighted by Crippen LogP contribution is -2.37. The topological polar surface area (TPSA) is 24.1 Å². The highest BCUT2D eigenvalue weighted by Gasteiger charge is 2.20. The Balaban J connectivity index is 1.71. The van der Waals surface area contributed by atoms with E-state index in [2.05, 4.69) is 10.6 Å². The van der Waals surface area contributed by atoms with Crippen LogP contribution in [-0.4, -0.2) is 25.2 Å². The fourth-order valence-corrected chi connectivity index (χ4v) is 2.22. The van der Waals surface area contributed by atoms with Crippen LogP contribution in [0.2, 0.25) is 0 Å². The molecule has 11 heavy (non-hydrogen) atoms. The zero-order valence-electron chi connectivity index (χ0n) is 7.10. The molecule has 0 aromatic heterocycles. The Labute approximate surface area is 68.7 Å². The van der Waals surface area contributed by atoms with Gasteiger partial charge >= 0.3 is 0 Å². The number of hydrogen-bond acceptors (Lipinski definition) is 2. The van der Waals surface area contributed by atoms with Gasteiger partial charge in [0, 0.05) is 18.6 Å². The van der Waals surface area contributed by atoms with Gasteiger partial charge in [0.25, 0.3) is 0 Å². The number of nitrogens with one attached hydrogen (secondary N) is 2. The smallest absolute Gasteiger partial charge is 0.0207 e. The third kappa shape index (κ3) is 1.94. The van der Waals surface area contributed by atoms with Crippen molar-refractivity contribution in [2.24, 2.45) is 0 Å². The Morgan fingerprint density at radius 3 is 2.45 bits per heavy atom. The summed E-state index contributed by atoms with van der Waals surface area (Å²) in [7, 11) is 0. The first kappa shape index (κ1) is 7.56. The van der Waals surface area contributed by atoms with Crippen LogP contribution in [0.4, 0.5) is 0 Å². The zero-order chi connectivity index (χ0) is 7.52. The van der Waals surface area contributed by atoms with Gasteiger partial charge in [0.1, 0.15) is 0 Å². The normalized spacial score (nSPS) is 33.3. The van der Waals surface area contributed by atoms with Gasteiger partial charge in [-0.15, -0.1) is 0 Å². The first-order valence-electron chi connectivity index (χ1n) is 4.92. The van der Waals surface area contributed by atoms with E-state index < -0.39 is 0 Å². The third-order valence-corrected chi connectivity index (χ3v) is 2.89. The molecule has 2 aliphatic rings. The van der Waals surface area contributed by atoms with Crippen LogP contribution in [0.15, 0.2) is 0 Å². The molecule has 1 unspecified atom stereocenters. The van der Waals surface area contributed by atoms with Crippen LogP contribution >= 0.6 is 0 Å². The maximum atomic E-state index is 3.72. The highest BCUT2D eigenvalue weighted by Crippen LogP contribution is 2.18. The molecule has 0 amide bonds. The van der Waals surface area contributed by atoms with E-state index in [4.69, 9.17) is 0 Å². The van der Waals surface area contributed by atoms with Gasteiger partial charge in [0.15, 0.2) is 0 Å². The Morgan fingerprint density at radius 2 is 1.82 bits per heavy atom. The van der Waals surface area contributed by atoms with Crippen LogP contribution in [0.25, 0.3) is 0 Å². The quantitative estimate of drug-likeness (QED) is 0.617. The molecule has 0 aromatic rings. The molecule has 1 aliphatic heterocycles. The molecule has 2 nitrogen and oxygen atoms in total. The molecule has 1 saturated carbocycles. The fraction of sp³-hybridized carbons (Fsp3) is 1.00. The lowest BCUT2D eigenvalue weighted by molar-refractivity contribution is 0.449. The molecule has 1 saturated heterocycles. The minimum atomic E-state index is 0.776. The summed E-state index contributed by atoms with van der Waals surface area (Å²) < 4.78 is 0. The summed E-state index contributed by atoms with van der Waals surface area (Å²) in [5.74, 6) is 0. The van der Waals surface area contributed by atoms with Crippen molar-refractivity contribution >= 4 is 0 Å². The number of rotatable bonds is 2. The van der Waals surface area contributed by atoms with Crippen LogP contribution in [0.1, 0.15) is 32.1 Å². The van der Waals surface area contributed by atoms with Gasteiger partial charge in [-0.05, 0) is 25.8 Å². The van der Waals surface area contributed by atoms with Gasteiger partial charge < -0.3 is 10.6 Å². The molecular weight excluding hydrogens is 136 g/mol. The molecule has 0 aromatic carbocycles. The molecule has 2 rings (SSSR count). The van der Waals surface area contributed by atoms with Crippen LogP contribution in [0.5, 0.6) is 0 Å². The Bertz CT molecular complexity index is 98.7. The number of hydrogen-bond donors (Lipinski definition) is 2. The maximum Gasteiger partial charge on any atom is 0.0207 e. The van der Waals surface area contributed by atoms with Gasteiger partial charge in [-0.3, -0.25) is 0 Å². The van der Waals surface area contributed by atoms with E-state index in [-0.39, 0.29) is 0 Å². The first-order valence-corrected chi connectivity index (χ1v) is 4.92. The molecule has 2 heteroatoms. The van der Waals surface area contributed by atoms with Gasteiger partial charge in [-0.25, -0.2) is 0 Å². The van der Waals surface area contributed by atoms with Crippen molar-refractivity contribution in [3.63, 3.8) is 0 Å². The second kappa shape index (κ2) is 3.55. The summed E-state index contributed by atoms with van der Waals surface area (Å²) in [5, 5.41) is 7.10. The average Bonchev–Trinajstić information content (AvgIpc) is 2.60. The van der Waals surface area contributed by atoms with Crippen LogP contribution < -0.4 is 10.6 Å². The lowest BCUT2D eigenvalue weighted by Gasteiger charge is -2.16. The van der Waals surface area contributed by atoms with Crippen molar-refractivity contribution in [1.82, 2.24) is 10.6 Å². The molecule has 1 heterocycles. The van der Waals surface area contributed by atoms with Crippen LogP contribution in [-0.2, 0) is 0 Å². The van der Waals surface area contributed by atoms with E-state index in [1.54, 1.807) is 0 Å². The van der Waals surface area contributed by atoms with E-state index in [9.17, 15) is 0 Å². The molecule has 1 aliphatic carbocycles. The van der Waals surface area contributed by atoms with E-state index in [0.29, 0.717) is 0 Å². The Kier molecular flexibility index (Phi) is 2.44. The summed E-state index contributed by atoms with van der Waals surface area (Å²) in [6.45, 7) is 2.40. The van der Waals surface area contributed by atoms with Crippen molar-refractivity contribution in [1.29, 1.82) is 0 Å². The molecular formula is C9H18N2. The maximum absolute atomic E-state index is 3.72. The zero-order valence-corrected chi connectivity index (χ0v) is 7.10. The van der Waals surface area contributed by atoms with Gasteiger partial charge in [-0.2, -0.15) is 0 Å². The highest BCUT2D eigenvalue weighted by atomic mass is 15.0. The van der Waals surface area contributed by atoms with Gasteiger partial charge in [0.2, 0.25) is 0 Å². The SMILES string of the molecule is C1CCC(NC2CCNC2)C1. The monoisotopic (exact) mass is 154 g/mol. The largest absolute Gasteiger partial charge is 0.315 e. The average molecular weight is 154 g/mol. The summed E-state index contributed by atoms with van der Waals surface area (Å²) in [5.41, 5.74) is 0. The fourth-order valence-electron chi connectivity index (χ4n) is 2.22. The predicted molar refractivity (Wildman–Crippen MR) is 46.7 cm³/mol. The lowest BCUT2D eigenvalue weighted by atomic mass is 10.2. The molecule has 1 atom stereocenters. The van der Waals surface area contributed by atoms with E-state index in [1.165, 1.54) is 45.2 Å². The van der Waals surface area contributed by atoms with Crippen molar-refractivity contribution in [3.05, 3.63) is 0 Å². The molecule has 0 radical (unpaired) electrons. The first-order chi connectivity index (χ1) is 5.45. The molecule has 0 spiro atoms. The van der Waals surface area contributed by atoms with Crippen molar-refractivity contribution in [2.75, 3.05) is 13.1 Å². The third-order valence-electron chi connectivity index (χ3n) is 2.89. The van der Waals surface area contributed by atoms with Crippen molar-refractivity contribution in [2.45, 2.75) is 44.2 Å². The summed E-state index contributed by atoms with van der Waals surface area (Å²) >= 11 is 0. The summed E-state index contributed by atoms with van der Waals surface area (Å²) in [6, 6.07) is 1.62. The Morgan fingerprint density at radius 1 is 1.00 bits per heavy atom. The Hall–Kier alpha value is -0.0800. The standard InChI is InChI=1S/C9H18N2/c1-2-4-8(3-1)11-9-5-6-10-7-9/h8-11H,1-7H2. The molecule has 2 fully saturated rings. The van der Waals surface area contributed by atoms with Gasteiger partial charge in [-0.1, -0.05) is 12.8 Å². The second-order valence-corrected chi connectivity index (χ2v) is 3.84. The summed E-state index contributed by atoms with van der Waals surface area (Å²) in [6.07, 6.45) is 7.04. The minimum Gasteiger partial charge on any atom is -0.315 e. The molecule has 64 valence electrons.